The number of aryl methyl sites for hydroxylation is 2. The molecule has 0 unspecified atom stereocenters. The van der Waals surface area contributed by atoms with Gasteiger partial charge in [0.15, 0.2) is 0 Å². The lowest BCUT2D eigenvalue weighted by molar-refractivity contribution is -0.162. The maximum atomic E-state index is 13.3. The third-order valence-corrected chi connectivity index (χ3v) is 7.22. The molecule has 2 saturated carbocycles. The van der Waals surface area contributed by atoms with Crippen LogP contribution in [0.2, 0.25) is 0 Å². The second-order valence-corrected chi connectivity index (χ2v) is 11.5. The molecule has 1 aromatic carbocycles. The van der Waals surface area contributed by atoms with Gasteiger partial charge in [-0.3, -0.25) is 9.59 Å². The van der Waals surface area contributed by atoms with Crippen LogP contribution < -0.4 is 5.32 Å². The third-order valence-electron chi connectivity index (χ3n) is 7.22. The Morgan fingerprint density at radius 2 is 1.56 bits per heavy atom. The van der Waals surface area contributed by atoms with E-state index >= 15 is 0 Å². The molecule has 5 nitrogen and oxygen atoms in total. The predicted octanol–water partition coefficient (Wildman–Crippen LogP) is 4.28. The van der Waals surface area contributed by atoms with Crippen LogP contribution in [0.15, 0.2) is 12.1 Å². The summed E-state index contributed by atoms with van der Waals surface area (Å²) in [5.74, 6) is 5.44. The van der Waals surface area contributed by atoms with Gasteiger partial charge < -0.3 is 10.2 Å². The summed E-state index contributed by atoms with van der Waals surface area (Å²) < 4.78 is 0. The Balaban J connectivity index is 1.42. The van der Waals surface area contributed by atoms with E-state index in [0.29, 0.717) is 12.8 Å². The molecule has 1 aliphatic heterocycles. The summed E-state index contributed by atoms with van der Waals surface area (Å²) in [6, 6.07) is 3.93. The second-order valence-electron chi connectivity index (χ2n) is 11.5. The highest BCUT2D eigenvalue weighted by molar-refractivity contribution is 6.10. The number of benzene rings is 1. The van der Waals surface area contributed by atoms with Crippen molar-refractivity contribution in [2.24, 2.45) is 10.8 Å². The average molecular weight is 435 g/mol. The molecule has 1 N–H and O–H groups in total. The molecule has 0 bridgehead atoms. The molecule has 2 amide bonds. The van der Waals surface area contributed by atoms with Crippen LogP contribution in [0, 0.1) is 36.5 Å². The quantitative estimate of drug-likeness (QED) is 0.530. The first-order valence-corrected chi connectivity index (χ1v) is 11.5. The van der Waals surface area contributed by atoms with E-state index in [2.05, 4.69) is 17.2 Å². The fourth-order valence-corrected chi connectivity index (χ4v) is 6.47. The van der Waals surface area contributed by atoms with E-state index < -0.39 is 5.92 Å². The number of ketones is 2. The standard InChI is InChI=1S/C27H34N2O3/c1-7-8-19-9-17(2)22(18(3)10-19)23-20(30)11-26(12-21(23)31)13-27(14-26)15-29(16-27)24(32)28-25(4,5)6/h9-10,23H,11-16H2,1-6H3,(H,28,32). The average Bonchev–Trinajstić information content (AvgIpc) is 2.57. The van der Waals surface area contributed by atoms with Crippen molar-refractivity contribution in [3.63, 3.8) is 0 Å². The fourth-order valence-electron chi connectivity index (χ4n) is 6.47. The fraction of sp³-hybridized carbons (Fsp3) is 0.593. The lowest BCUT2D eigenvalue weighted by Gasteiger charge is -2.65. The number of hydrogen-bond donors (Lipinski definition) is 1. The Labute approximate surface area is 191 Å². The van der Waals surface area contributed by atoms with Gasteiger partial charge in [-0.2, -0.15) is 0 Å². The molecule has 1 saturated heterocycles. The smallest absolute Gasteiger partial charge is 0.317 e. The van der Waals surface area contributed by atoms with Crippen LogP contribution in [0.4, 0.5) is 4.79 Å². The molecule has 2 aliphatic carbocycles. The minimum Gasteiger partial charge on any atom is -0.333 e. The number of carbonyl (C=O) groups is 3. The van der Waals surface area contributed by atoms with E-state index in [1.54, 1.807) is 6.92 Å². The van der Waals surface area contributed by atoms with Crippen molar-refractivity contribution in [2.75, 3.05) is 13.1 Å². The van der Waals surface area contributed by atoms with Gasteiger partial charge in [-0.1, -0.05) is 5.92 Å². The molecule has 2 spiro atoms. The molecular weight excluding hydrogens is 400 g/mol. The summed E-state index contributed by atoms with van der Waals surface area (Å²) in [6.45, 7) is 13.1. The molecule has 0 aromatic heterocycles. The van der Waals surface area contributed by atoms with Gasteiger partial charge >= 0.3 is 6.03 Å². The van der Waals surface area contributed by atoms with Crippen LogP contribution in [0.5, 0.6) is 0 Å². The van der Waals surface area contributed by atoms with Gasteiger partial charge in [0.1, 0.15) is 17.5 Å². The number of Topliss-reactive ketones (excluding diaryl/α,β-unsaturated/α-hetero) is 2. The van der Waals surface area contributed by atoms with Crippen molar-refractivity contribution < 1.29 is 14.4 Å². The van der Waals surface area contributed by atoms with Crippen molar-refractivity contribution >= 4 is 17.6 Å². The summed E-state index contributed by atoms with van der Waals surface area (Å²) in [4.78, 5) is 40.7. The number of hydrogen-bond acceptors (Lipinski definition) is 3. The van der Waals surface area contributed by atoms with Gasteiger partial charge in [0, 0.05) is 42.4 Å². The van der Waals surface area contributed by atoms with E-state index in [1.165, 1.54) is 0 Å². The molecule has 5 heteroatoms. The molecule has 4 rings (SSSR count). The van der Waals surface area contributed by atoms with Crippen molar-refractivity contribution in [2.45, 2.75) is 78.7 Å². The van der Waals surface area contributed by atoms with Crippen LogP contribution >= 0.6 is 0 Å². The molecule has 1 aromatic rings. The van der Waals surface area contributed by atoms with E-state index in [9.17, 15) is 14.4 Å². The van der Waals surface area contributed by atoms with E-state index in [1.807, 2.05) is 51.7 Å². The molecule has 3 fully saturated rings. The lowest BCUT2D eigenvalue weighted by Crippen LogP contribution is -2.69. The van der Waals surface area contributed by atoms with Gasteiger partial charge in [0.05, 0.1) is 0 Å². The Morgan fingerprint density at radius 3 is 2.03 bits per heavy atom. The summed E-state index contributed by atoms with van der Waals surface area (Å²) in [5.41, 5.74) is 3.37. The SMILES string of the molecule is CC#Cc1cc(C)c(C2C(=O)CC3(CC2=O)CC2(CN(C(=O)NC(C)(C)C)C2)C3)c(C)c1. The number of nitrogens with one attached hydrogen (secondary N) is 1. The maximum Gasteiger partial charge on any atom is 0.317 e. The van der Waals surface area contributed by atoms with Crippen LogP contribution in [0.3, 0.4) is 0 Å². The summed E-state index contributed by atoms with van der Waals surface area (Å²) in [6.07, 6.45) is 2.67. The van der Waals surface area contributed by atoms with Crippen LogP contribution in [0.1, 0.15) is 81.5 Å². The molecule has 32 heavy (non-hydrogen) atoms. The first-order valence-electron chi connectivity index (χ1n) is 11.5. The Hall–Kier alpha value is -2.61. The first kappa shape index (κ1) is 22.6. The van der Waals surface area contributed by atoms with Crippen LogP contribution in [-0.4, -0.2) is 41.1 Å². The van der Waals surface area contributed by atoms with E-state index in [0.717, 1.165) is 48.2 Å². The van der Waals surface area contributed by atoms with Crippen molar-refractivity contribution in [3.8, 4) is 11.8 Å². The molecule has 3 aliphatic rings. The number of amides is 2. The molecule has 0 atom stereocenters. The number of nitrogens with zero attached hydrogens (tertiary/aromatic N) is 1. The zero-order valence-corrected chi connectivity index (χ0v) is 20.1. The Morgan fingerprint density at radius 1 is 1.03 bits per heavy atom. The highest BCUT2D eigenvalue weighted by Gasteiger charge is 2.63. The molecule has 170 valence electrons. The number of carbonyl (C=O) groups excluding carboxylic acids is 3. The number of rotatable bonds is 1. The predicted molar refractivity (Wildman–Crippen MR) is 124 cm³/mol. The number of likely N-dealkylation sites (tertiary alicyclic amines) is 1. The van der Waals surface area contributed by atoms with Crippen LogP contribution in [0.25, 0.3) is 0 Å². The molecular formula is C27H34N2O3. The highest BCUT2D eigenvalue weighted by Crippen LogP contribution is 2.64. The minimum atomic E-state index is -0.642. The molecule has 1 heterocycles. The van der Waals surface area contributed by atoms with Gasteiger partial charge in [-0.15, -0.1) is 5.92 Å². The summed E-state index contributed by atoms with van der Waals surface area (Å²) in [7, 11) is 0. The van der Waals surface area contributed by atoms with Crippen LogP contribution in [-0.2, 0) is 9.59 Å². The largest absolute Gasteiger partial charge is 0.333 e. The van der Waals surface area contributed by atoms with Gasteiger partial charge in [0.25, 0.3) is 0 Å². The topological polar surface area (TPSA) is 66.5 Å². The second kappa shape index (κ2) is 7.47. The van der Waals surface area contributed by atoms with Crippen molar-refractivity contribution in [3.05, 3.63) is 34.4 Å². The first-order chi connectivity index (χ1) is 14.9. The lowest BCUT2D eigenvalue weighted by atomic mass is 9.45. The van der Waals surface area contributed by atoms with E-state index in [-0.39, 0.29) is 34.0 Å². The van der Waals surface area contributed by atoms with Crippen molar-refractivity contribution in [1.82, 2.24) is 10.2 Å². The summed E-state index contributed by atoms with van der Waals surface area (Å²) in [5, 5.41) is 3.01. The normalized spacial score (nSPS) is 21.6. The third kappa shape index (κ3) is 3.96. The maximum absolute atomic E-state index is 13.3. The Kier molecular flexibility index (Phi) is 5.27. The minimum absolute atomic E-state index is 0.0258. The van der Waals surface area contributed by atoms with Gasteiger partial charge in [-0.25, -0.2) is 4.79 Å². The molecule has 0 radical (unpaired) electrons. The monoisotopic (exact) mass is 434 g/mol. The highest BCUT2D eigenvalue weighted by atomic mass is 16.2. The zero-order chi connectivity index (χ0) is 23.5. The van der Waals surface area contributed by atoms with E-state index in [4.69, 9.17) is 0 Å². The summed E-state index contributed by atoms with van der Waals surface area (Å²) >= 11 is 0. The zero-order valence-electron chi connectivity index (χ0n) is 20.1. The number of urea groups is 1. The van der Waals surface area contributed by atoms with Gasteiger partial charge in [0.2, 0.25) is 0 Å². The Bertz CT molecular complexity index is 1010. The van der Waals surface area contributed by atoms with Crippen molar-refractivity contribution in [1.29, 1.82) is 0 Å². The van der Waals surface area contributed by atoms with Gasteiger partial charge in [-0.05, 0) is 88.6 Å².